The van der Waals surface area contributed by atoms with Crippen molar-refractivity contribution in [3.05, 3.63) is 65.4 Å². The molecular formula is C17H9F5N2O2S. The summed E-state index contributed by atoms with van der Waals surface area (Å²) < 4.78 is 67.4. The van der Waals surface area contributed by atoms with Gasteiger partial charge in [0.15, 0.2) is 16.7 Å². The molecule has 1 heterocycles. The molecule has 0 radical (unpaired) electrons. The van der Waals surface area contributed by atoms with Crippen LogP contribution in [0.25, 0.3) is 6.08 Å². The van der Waals surface area contributed by atoms with Crippen molar-refractivity contribution in [2.24, 2.45) is 0 Å². The van der Waals surface area contributed by atoms with Gasteiger partial charge in [0.25, 0.3) is 5.91 Å². The molecule has 0 spiro atoms. The van der Waals surface area contributed by atoms with Crippen LogP contribution in [0.4, 0.5) is 27.6 Å². The van der Waals surface area contributed by atoms with E-state index in [-0.39, 0.29) is 22.1 Å². The van der Waals surface area contributed by atoms with E-state index < -0.39 is 29.7 Å². The number of amides is 1. The van der Waals surface area contributed by atoms with Crippen LogP contribution in [0.5, 0.6) is 5.75 Å². The summed E-state index contributed by atoms with van der Waals surface area (Å²) >= 11 is 5.05. The lowest BCUT2D eigenvalue weighted by Gasteiger charge is -2.15. The second-order valence-electron chi connectivity index (χ2n) is 5.31. The predicted octanol–water partition coefficient (Wildman–Crippen LogP) is 4.13. The highest BCUT2D eigenvalue weighted by Gasteiger charge is 2.33. The SMILES string of the molecule is O=C1/C(=C/c2cccc(F)c2F)NC(=S)N1c1ccc(OC(F)(F)F)cc1. The first-order chi connectivity index (χ1) is 12.7. The minimum Gasteiger partial charge on any atom is -0.406 e. The van der Waals surface area contributed by atoms with Gasteiger partial charge in [-0.2, -0.15) is 0 Å². The molecule has 1 aliphatic heterocycles. The predicted molar refractivity (Wildman–Crippen MR) is 90.7 cm³/mol. The number of rotatable bonds is 3. The second kappa shape index (κ2) is 6.95. The Morgan fingerprint density at radius 1 is 1.07 bits per heavy atom. The molecule has 3 rings (SSSR count). The lowest BCUT2D eigenvalue weighted by atomic mass is 10.1. The van der Waals surface area contributed by atoms with E-state index in [1.807, 2.05) is 0 Å². The number of hydrogen-bond acceptors (Lipinski definition) is 3. The minimum atomic E-state index is -4.84. The lowest BCUT2D eigenvalue weighted by molar-refractivity contribution is -0.274. The monoisotopic (exact) mass is 400 g/mol. The van der Waals surface area contributed by atoms with Crippen molar-refractivity contribution in [2.45, 2.75) is 6.36 Å². The van der Waals surface area contributed by atoms with E-state index in [9.17, 15) is 26.7 Å². The summed E-state index contributed by atoms with van der Waals surface area (Å²) in [5.74, 6) is -3.34. The molecule has 0 bridgehead atoms. The van der Waals surface area contributed by atoms with Gasteiger partial charge in [0, 0.05) is 5.56 Å². The van der Waals surface area contributed by atoms with Gasteiger partial charge in [0.1, 0.15) is 11.4 Å². The van der Waals surface area contributed by atoms with Crippen molar-refractivity contribution in [1.82, 2.24) is 5.32 Å². The first kappa shape index (κ1) is 18.8. The molecule has 1 fully saturated rings. The Balaban J connectivity index is 1.86. The van der Waals surface area contributed by atoms with E-state index in [4.69, 9.17) is 12.2 Å². The maximum atomic E-state index is 13.8. The van der Waals surface area contributed by atoms with Crippen LogP contribution in [0.2, 0.25) is 0 Å². The zero-order valence-corrected chi connectivity index (χ0v) is 14.0. The van der Waals surface area contributed by atoms with Crippen molar-refractivity contribution in [2.75, 3.05) is 4.90 Å². The summed E-state index contributed by atoms with van der Waals surface area (Å²) in [4.78, 5) is 13.5. The van der Waals surface area contributed by atoms with Gasteiger partial charge in [-0.05, 0) is 48.6 Å². The van der Waals surface area contributed by atoms with Crippen molar-refractivity contribution < 1.29 is 31.5 Å². The van der Waals surface area contributed by atoms with E-state index in [0.29, 0.717) is 0 Å². The molecule has 0 aromatic heterocycles. The number of nitrogens with zero attached hydrogens (tertiary/aromatic N) is 1. The number of carbonyl (C=O) groups is 1. The van der Waals surface area contributed by atoms with E-state index in [1.165, 1.54) is 24.3 Å². The molecular weight excluding hydrogens is 391 g/mol. The smallest absolute Gasteiger partial charge is 0.406 e. The third-order valence-corrected chi connectivity index (χ3v) is 3.77. The molecule has 1 aliphatic rings. The van der Waals surface area contributed by atoms with Crippen LogP contribution in [0.1, 0.15) is 5.56 Å². The highest BCUT2D eigenvalue weighted by molar-refractivity contribution is 7.80. The molecule has 1 saturated heterocycles. The van der Waals surface area contributed by atoms with Gasteiger partial charge < -0.3 is 10.1 Å². The Hall–Kier alpha value is -3.01. The number of nitrogens with one attached hydrogen (secondary N) is 1. The minimum absolute atomic E-state index is 0.0625. The number of benzene rings is 2. The highest BCUT2D eigenvalue weighted by Crippen LogP contribution is 2.28. The Labute approximate surface area is 154 Å². The largest absolute Gasteiger partial charge is 0.573 e. The number of hydrogen-bond donors (Lipinski definition) is 1. The molecule has 27 heavy (non-hydrogen) atoms. The summed E-state index contributed by atoms with van der Waals surface area (Å²) in [6.07, 6.45) is -3.75. The van der Waals surface area contributed by atoms with Gasteiger partial charge in [-0.1, -0.05) is 12.1 Å². The zero-order chi connectivity index (χ0) is 19.8. The molecule has 10 heteroatoms. The highest BCUT2D eigenvalue weighted by atomic mass is 32.1. The molecule has 0 aliphatic carbocycles. The van der Waals surface area contributed by atoms with Crippen molar-refractivity contribution >= 4 is 35.0 Å². The number of thiocarbonyl (C=S) groups is 1. The quantitative estimate of drug-likeness (QED) is 0.478. The summed E-state index contributed by atoms with van der Waals surface area (Å²) in [5.41, 5.74) is -0.0975. The van der Waals surface area contributed by atoms with Gasteiger partial charge >= 0.3 is 6.36 Å². The fraction of sp³-hybridized carbons (Fsp3) is 0.0588. The summed E-state index contributed by atoms with van der Waals surface area (Å²) in [6, 6.07) is 7.94. The summed E-state index contributed by atoms with van der Waals surface area (Å²) in [6.45, 7) is 0. The first-order valence-corrected chi connectivity index (χ1v) is 7.73. The molecule has 0 saturated carbocycles. The fourth-order valence-electron chi connectivity index (χ4n) is 2.35. The number of ether oxygens (including phenoxy) is 1. The Morgan fingerprint density at radius 3 is 2.37 bits per heavy atom. The maximum Gasteiger partial charge on any atom is 0.573 e. The lowest BCUT2D eigenvalue weighted by Crippen LogP contribution is -2.30. The standard InChI is InChI=1S/C17H9F5N2O2S/c18-12-3-1-2-9(14(12)19)8-13-15(25)24(16(27)23-13)10-4-6-11(7-5-10)26-17(20,21)22/h1-8H,(H,23,27)/b13-8-. The molecule has 2 aromatic carbocycles. The molecule has 0 unspecified atom stereocenters. The summed E-state index contributed by atoms with van der Waals surface area (Å²) in [5, 5.41) is 2.51. The van der Waals surface area contributed by atoms with Crippen molar-refractivity contribution in [1.29, 1.82) is 0 Å². The fourth-order valence-corrected chi connectivity index (χ4v) is 2.65. The van der Waals surface area contributed by atoms with Crippen LogP contribution in [0.15, 0.2) is 48.2 Å². The average Bonchev–Trinajstić information content (AvgIpc) is 2.85. The van der Waals surface area contributed by atoms with Crippen LogP contribution >= 0.6 is 12.2 Å². The van der Waals surface area contributed by atoms with Crippen LogP contribution in [-0.4, -0.2) is 17.4 Å². The Bertz CT molecular complexity index is 941. The van der Waals surface area contributed by atoms with Gasteiger partial charge in [-0.15, -0.1) is 13.2 Å². The van der Waals surface area contributed by atoms with Crippen molar-refractivity contribution in [3.8, 4) is 5.75 Å². The third kappa shape index (κ3) is 4.05. The van der Waals surface area contributed by atoms with E-state index in [2.05, 4.69) is 10.1 Å². The van der Waals surface area contributed by atoms with E-state index >= 15 is 0 Å². The zero-order valence-electron chi connectivity index (χ0n) is 13.2. The van der Waals surface area contributed by atoms with Gasteiger partial charge in [-0.25, -0.2) is 8.78 Å². The van der Waals surface area contributed by atoms with Crippen LogP contribution in [0.3, 0.4) is 0 Å². The van der Waals surface area contributed by atoms with Gasteiger partial charge in [0.2, 0.25) is 0 Å². The Morgan fingerprint density at radius 2 is 1.74 bits per heavy atom. The van der Waals surface area contributed by atoms with Gasteiger partial charge in [0.05, 0.1) is 5.69 Å². The van der Waals surface area contributed by atoms with Crippen LogP contribution in [-0.2, 0) is 4.79 Å². The van der Waals surface area contributed by atoms with Gasteiger partial charge in [-0.3, -0.25) is 9.69 Å². The van der Waals surface area contributed by atoms with Crippen LogP contribution < -0.4 is 15.0 Å². The second-order valence-corrected chi connectivity index (χ2v) is 5.70. The molecule has 4 nitrogen and oxygen atoms in total. The molecule has 1 N–H and O–H groups in total. The number of halogens is 5. The molecule has 140 valence electrons. The third-order valence-electron chi connectivity index (χ3n) is 3.49. The number of alkyl halides is 3. The first-order valence-electron chi connectivity index (χ1n) is 7.32. The molecule has 2 aromatic rings. The topological polar surface area (TPSA) is 41.6 Å². The average molecular weight is 400 g/mol. The molecule has 0 atom stereocenters. The normalized spacial score (nSPS) is 16.0. The molecule has 1 amide bonds. The van der Waals surface area contributed by atoms with Crippen LogP contribution in [0, 0.1) is 11.6 Å². The van der Waals surface area contributed by atoms with E-state index in [1.54, 1.807) is 0 Å². The Kier molecular flexibility index (Phi) is 4.83. The van der Waals surface area contributed by atoms with E-state index in [0.717, 1.165) is 29.2 Å². The maximum absolute atomic E-state index is 13.8. The number of carbonyl (C=O) groups excluding carboxylic acids is 1. The summed E-state index contributed by atoms with van der Waals surface area (Å²) in [7, 11) is 0. The van der Waals surface area contributed by atoms with Crippen molar-refractivity contribution in [3.63, 3.8) is 0 Å². The number of anilines is 1.